The lowest BCUT2D eigenvalue weighted by Gasteiger charge is -2.36. The lowest BCUT2D eigenvalue weighted by molar-refractivity contribution is 0.283. The minimum absolute atomic E-state index is 0.0819. The molecule has 0 saturated heterocycles. The van der Waals surface area contributed by atoms with Crippen molar-refractivity contribution in [2.45, 2.75) is 57.4 Å². The van der Waals surface area contributed by atoms with Crippen molar-refractivity contribution in [3.05, 3.63) is 35.9 Å². The predicted octanol–water partition coefficient (Wildman–Crippen LogP) is 3.38. The van der Waals surface area contributed by atoms with Crippen LogP contribution in [0, 0.1) is 5.92 Å². The van der Waals surface area contributed by atoms with Gasteiger partial charge in [0.2, 0.25) is 0 Å². The molecule has 0 aliphatic heterocycles. The molecule has 1 saturated carbocycles. The topological polar surface area (TPSA) is 38.0 Å². The third-order valence-electron chi connectivity index (χ3n) is 4.63. The Morgan fingerprint density at radius 1 is 1.22 bits per heavy atom. The second-order valence-corrected chi connectivity index (χ2v) is 6.19. The molecule has 1 atom stereocenters. The van der Waals surface area contributed by atoms with Crippen molar-refractivity contribution >= 4 is 0 Å². The smallest absolute Gasteiger partial charge is 0.0304 e. The van der Waals surface area contributed by atoms with Crippen LogP contribution in [0.5, 0.6) is 0 Å². The van der Waals surface area contributed by atoms with Gasteiger partial charge in [-0.2, -0.15) is 0 Å². The summed E-state index contributed by atoms with van der Waals surface area (Å²) in [6, 6.07) is 11.1. The molecular formula is C16H26N2. The maximum absolute atomic E-state index is 5.82. The molecule has 18 heavy (non-hydrogen) atoms. The van der Waals surface area contributed by atoms with E-state index in [4.69, 9.17) is 5.84 Å². The standard InChI is InChI=1S/C16H26N2/c1-16(2,14-10-4-3-5-11-14)15(18-17)12-13-8-6-7-9-13/h3-5,10-11,13,15,18H,6-9,12,17H2,1-2H3. The van der Waals surface area contributed by atoms with Crippen LogP contribution in [0.15, 0.2) is 30.3 Å². The third-order valence-corrected chi connectivity index (χ3v) is 4.63. The molecule has 1 unspecified atom stereocenters. The Labute approximate surface area is 111 Å². The van der Waals surface area contributed by atoms with Crippen molar-refractivity contribution in [1.82, 2.24) is 5.43 Å². The van der Waals surface area contributed by atoms with E-state index in [9.17, 15) is 0 Å². The fraction of sp³-hybridized carbons (Fsp3) is 0.625. The van der Waals surface area contributed by atoms with Crippen LogP contribution in [0.3, 0.4) is 0 Å². The zero-order valence-electron chi connectivity index (χ0n) is 11.7. The van der Waals surface area contributed by atoms with E-state index in [2.05, 4.69) is 49.6 Å². The monoisotopic (exact) mass is 246 g/mol. The van der Waals surface area contributed by atoms with Crippen LogP contribution in [-0.2, 0) is 5.41 Å². The van der Waals surface area contributed by atoms with Crippen LogP contribution in [0.4, 0.5) is 0 Å². The van der Waals surface area contributed by atoms with E-state index in [1.165, 1.54) is 37.7 Å². The van der Waals surface area contributed by atoms with Crippen molar-refractivity contribution in [3.63, 3.8) is 0 Å². The fourth-order valence-corrected chi connectivity index (χ4v) is 3.22. The molecule has 0 amide bonds. The first-order valence-electron chi connectivity index (χ1n) is 7.16. The van der Waals surface area contributed by atoms with E-state index in [0.29, 0.717) is 6.04 Å². The SMILES string of the molecule is CC(C)(c1ccccc1)C(CC1CCCC1)NN. The Morgan fingerprint density at radius 2 is 1.83 bits per heavy atom. The molecular weight excluding hydrogens is 220 g/mol. The van der Waals surface area contributed by atoms with Crippen LogP contribution in [0.25, 0.3) is 0 Å². The number of benzene rings is 1. The highest BCUT2D eigenvalue weighted by atomic mass is 15.2. The van der Waals surface area contributed by atoms with E-state index in [1.54, 1.807) is 0 Å². The molecule has 0 aromatic heterocycles. The second-order valence-electron chi connectivity index (χ2n) is 6.19. The molecule has 0 spiro atoms. The molecule has 0 heterocycles. The Balaban J connectivity index is 2.10. The molecule has 2 rings (SSSR count). The van der Waals surface area contributed by atoms with Gasteiger partial charge in [-0.05, 0) is 17.9 Å². The Hall–Kier alpha value is -0.860. The number of rotatable bonds is 5. The van der Waals surface area contributed by atoms with Crippen LogP contribution in [-0.4, -0.2) is 6.04 Å². The average Bonchev–Trinajstić information content (AvgIpc) is 2.89. The molecule has 0 radical (unpaired) electrons. The molecule has 1 aromatic rings. The summed E-state index contributed by atoms with van der Waals surface area (Å²) < 4.78 is 0. The van der Waals surface area contributed by atoms with Gasteiger partial charge in [0.15, 0.2) is 0 Å². The molecule has 2 nitrogen and oxygen atoms in total. The lowest BCUT2D eigenvalue weighted by atomic mass is 9.74. The van der Waals surface area contributed by atoms with E-state index in [0.717, 1.165) is 5.92 Å². The predicted molar refractivity (Wildman–Crippen MR) is 77.2 cm³/mol. The highest BCUT2D eigenvalue weighted by molar-refractivity contribution is 5.25. The molecule has 2 heteroatoms. The first kappa shape index (κ1) is 13.6. The minimum atomic E-state index is 0.0819. The largest absolute Gasteiger partial charge is 0.271 e. The normalized spacial score (nSPS) is 19.1. The Morgan fingerprint density at radius 3 is 2.39 bits per heavy atom. The van der Waals surface area contributed by atoms with Crippen molar-refractivity contribution in [2.24, 2.45) is 11.8 Å². The summed E-state index contributed by atoms with van der Waals surface area (Å²) in [5, 5.41) is 0. The van der Waals surface area contributed by atoms with Crippen molar-refractivity contribution in [1.29, 1.82) is 0 Å². The van der Waals surface area contributed by atoms with E-state index >= 15 is 0 Å². The number of hydrazine groups is 1. The number of nitrogens with two attached hydrogens (primary N) is 1. The van der Waals surface area contributed by atoms with Gasteiger partial charge in [-0.25, -0.2) is 0 Å². The Kier molecular flexibility index (Phi) is 4.41. The highest BCUT2D eigenvalue weighted by Gasteiger charge is 2.32. The van der Waals surface area contributed by atoms with Crippen molar-refractivity contribution < 1.29 is 0 Å². The van der Waals surface area contributed by atoms with Gasteiger partial charge < -0.3 is 0 Å². The summed E-state index contributed by atoms with van der Waals surface area (Å²) in [4.78, 5) is 0. The number of hydrogen-bond acceptors (Lipinski definition) is 2. The lowest BCUT2D eigenvalue weighted by Crippen LogP contribution is -2.49. The molecule has 1 aliphatic rings. The van der Waals surface area contributed by atoms with Gasteiger partial charge >= 0.3 is 0 Å². The number of nitrogens with one attached hydrogen (secondary N) is 1. The van der Waals surface area contributed by atoms with Crippen LogP contribution in [0.1, 0.15) is 51.5 Å². The van der Waals surface area contributed by atoms with E-state index in [-0.39, 0.29) is 5.41 Å². The molecule has 1 fully saturated rings. The van der Waals surface area contributed by atoms with Gasteiger partial charge in [0, 0.05) is 11.5 Å². The first-order chi connectivity index (χ1) is 8.64. The van der Waals surface area contributed by atoms with Crippen LogP contribution < -0.4 is 11.3 Å². The summed E-state index contributed by atoms with van der Waals surface area (Å²) >= 11 is 0. The summed E-state index contributed by atoms with van der Waals surface area (Å²) in [6.07, 6.45) is 6.74. The van der Waals surface area contributed by atoms with Crippen molar-refractivity contribution in [2.75, 3.05) is 0 Å². The average molecular weight is 246 g/mol. The van der Waals surface area contributed by atoms with Gasteiger partial charge in [-0.1, -0.05) is 69.9 Å². The summed E-state index contributed by atoms with van der Waals surface area (Å²) in [5.41, 5.74) is 4.52. The van der Waals surface area contributed by atoms with Gasteiger partial charge in [0.05, 0.1) is 0 Å². The quantitative estimate of drug-likeness (QED) is 0.617. The van der Waals surface area contributed by atoms with Gasteiger partial charge in [0.1, 0.15) is 0 Å². The first-order valence-corrected chi connectivity index (χ1v) is 7.16. The minimum Gasteiger partial charge on any atom is -0.271 e. The zero-order valence-corrected chi connectivity index (χ0v) is 11.7. The maximum atomic E-state index is 5.82. The summed E-state index contributed by atoms with van der Waals surface area (Å²) in [7, 11) is 0. The van der Waals surface area contributed by atoms with E-state index < -0.39 is 0 Å². The molecule has 1 aromatic carbocycles. The second kappa shape index (κ2) is 5.85. The molecule has 3 N–H and O–H groups in total. The van der Waals surface area contributed by atoms with Gasteiger partial charge in [-0.15, -0.1) is 0 Å². The molecule has 1 aliphatic carbocycles. The summed E-state index contributed by atoms with van der Waals surface area (Å²) in [6.45, 7) is 4.59. The van der Waals surface area contributed by atoms with Crippen molar-refractivity contribution in [3.8, 4) is 0 Å². The van der Waals surface area contributed by atoms with Gasteiger partial charge in [-0.3, -0.25) is 11.3 Å². The molecule has 100 valence electrons. The number of hydrogen-bond donors (Lipinski definition) is 2. The Bertz CT molecular complexity index is 353. The highest BCUT2D eigenvalue weighted by Crippen LogP contribution is 2.35. The molecule has 0 bridgehead atoms. The van der Waals surface area contributed by atoms with Crippen LogP contribution >= 0.6 is 0 Å². The summed E-state index contributed by atoms with van der Waals surface area (Å²) in [5.74, 6) is 6.68. The zero-order chi connectivity index (χ0) is 13.0. The van der Waals surface area contributed by atoms with Crippen LogP contribution in [0.2, 0.25) is 0 Å². The maximum Gasteiger partial charge on any atom is 0.0304 e. The van der Waals surface area contributed by atoms with E-state index in [1.807, 2.05) is 0 Å². The fourth-order valence-electron chi connectivity index (χ4n) is 3.22. The third kappa shape index (κ3) is 2.93. The van der Waals surface area contributed by atoms with Gasteiger partial charge in [0.25, 0.3) is 0 Å².